The molecule has 0 bridgehead atoms. The first kappa shape index (κ1) is 17.1. The van der Waals surface area contributed by atoms with E-state index in [9.17, 15) is 4.79 Å². The predicted molar refractivity (Wildman–Crippen MR) is 96.3 cm³/mol. The minimum Gasteiger partial charge on any atom is -0.373 e. The minimum absolute atomic E-state index is 0.0158. The van der Waals surface area contributed by atoms with Gasteiger partial charge in [-0.05, 0) is 37.3 Å². The molecule has 0 radical (unpaired) electrons. The van der Waals surface area contributed by atoms with Crippen LogP contribution in [0, 0.1) is 18.8 Å². The minimum atomic E-state index is -0.0158. The van der Waals surface area contributed by atoms with Gasteiger partial charge in [0.05, 0.1) is 24.6 Å². The molecular formula is C20H24N4O2. The summed E-state index contributed by atoms with van der Waals surface area (Å²) in [6, 6.07) is 3.97. The van der Waals surface area contributed by atoms with Crippen LogP contribution in [0.25, 0.3) is 0 Å². The molecule has 0 N–H and O–H groups in total. The number of fused-ring (bicyclic) bond motifs is 1. The molecule has 0 aromatic carbocycles. The second kappa shape index (κ2) is 7.50. The molecule has 1 aliphatic heterocycles. The molecule has 2 aromatic heterocycles. The van der Waals surface area contributed by atoms with Crippen LogP contribution in [0.1, 0.15) is 41.0 Å². The molecular weight excluding hydrogens is 328 g/mol. The zero-order valence-corrected chi connectivity index (χ0v) is 15.0. The monoisotopic (exact) mass is 352 g/mol. The van der Waals surface area contributed by atoms with Crippen LogP contribution in [0.4, 0.5) is 0 Å². The van der Waals surface area contributed by atoms with Crippen molar-refractivity contribution in [2.75, 3.05) is 13.1 Å². The summed E-state index contributed by atoms with van der Waals surface area (Å²) >= 11 is 0. The third kappa shape index (κ3) is 3.60. The van der Waals surface area contributed by atoms with Crippen molar-refractivity contribution < 1.29 is 9.53 Å². The topological polar surface area (TPSA) is 68.2 Å². The quantitative estimate of drug-likeness (QED) is 0.846. The van der Waals surface area contributed by atoms with Crippen LogP contribution in [0.2, 0.25) is 0 Å². The van der Waals surface area contributed by atoms with E-state index in [0.717, 1.165) is 37.2 Å². The third-order valence-electron chi connectivity index (χ3n) is 5.51. The second-order valence-corrected chi connectivity index (χ2v) is 7.32. The van der Waals surface area contributed by atoms with Gasteiger partial charge in [0, 0.05) is 37.6 Å². The van der Waals surface area contributed by atoms with Crippen LogP contribution >= 0.6 is 0 Å². The third-order valence-corrected chi connectivity index (χ3v) is 5.51. The van der Waals surface area contributed by atoms with Crippen molar-refractivity contribution in [3.8, 4) is 0 Å². The molecule has 1 amide bonds. The van der Waals surface area contributed by atoms with E-state index in [1.54, 1.807) is 18.6 Å². The molecule has 1 aliphatic carbocycles. The fourth-order valence-electron chi connectivity index (χ4n) is 4.14. The average Bonchev–Trinajstić information content (AvgIpc) is 3.12. The molecule has 6 heteroatoms. The van der Waals surface area contributed by atoms with Gasteiger partial charge in [0.1, 0.15) is 5.69 Å². The van der Waals surface area contributed by atoms with Crippen molar-refractivity contribution in [2.45, 2.75) is 38.9 Å². The van der Waals surface area contributed by atoms with E-state index in [-0.39, 0.29) is 12.0 Å². The molecule has 1 saturated heterocycles. The highest BCUT2D eigenvalue weighted by molar-refractivity contribution is 5.92. The van der Waals surface area contributed by atoms with E-state index < -0.39 is 0 Å². The highest BCUT2D eigenvalue weighted by Crippen LogP contribution is 2.38. The maximum Gasteiger partial charge on any atom is 0.274 e. The lowest BCUT2D eigenvalue weighted by atomic mass is 9.79. The van der Waals surface area contributed by atoms with Crippen molar-refractivity contribution in [1.82, 2.24) is 19.9 Å². The summed E-state index contributed by atoms with van der Waals surface area (Å²) in [4.78, 5) is 27.3. The number of ether oxygens (including phenoxy) is 1. The lowest BCUT2D eigenvalue weighted by molar-refractivity contribution is -0.0293. The fraction of sp³-hybridized carbons (Fsp3) is 0.500. The van der Waals surface area contributed by atoms with E-state index in [1.807, 2.05) is 30.2 Å². The lowest BCUT2D eigenvalue weighted by Crippen LogP contribution is -2.34. The van der Waals surface area contributed by atoms with Crippen molar-refractivity contribution in [2.24, 2.45) is 11.8 Å². The second-order valence-electron chi connectivity index (χ2n) is 7.32. The van der Waals surface area contributed by atoms with Gasteiger partial charge in [-0.3, -0.25) is 14.8 Å². The van der Waals surface area contributed by atoms with Gasteiger partial charge in [-0.25, -0.2) is 4.98 Å². The summed E-state index contributed by atoms with van der Waals surface area (Å²) in [5.41, 5.74) is 2.35. The van der Waals surface area contributed by atoms with E-state index >= 15 is 0 Å². The Balaban J connectivity index is 1.40. The Morgan fingerprint density at radius 1 is 1.23 bits per heavy atom. The number of carbonyl (C=O) groups is 1. The van der Waals surface area contributed by atoms with Crippen molar-refractivity contribution >= 4 is 5.91 Å². The Morgan fingerprint density at radius 3 is 2.92 bits per heavy atom. The molecule has 2 aromatic rings. The highest BCUT2D eigenvalue weighted by Gasteiger charge is 2.42. The molecule has 0 spiro atoms. The number of nitrogens with zero attached hydrogens (tertiary/aromatic N) is 4. The van der Waals surface area contributed by atoms with Crippen LogP contribution in [0.5, 0.6) is 0 Å². The summed E-state index contributed by atoms with van der Waals surface area (Å²) in [5.74, 6) is 0.908. The number of aromatic nitrogens is 3. The van der Waals surface area contributed by atoms with Gasteiger partial charge in [0.15, 0.2) is 0 Å². The van der Waals surface area contributed by atoms with Gasteiger partial charge in [0.2, 0.25) is 0 Å². The first-order valence-corrected chi connectivity index (χ1v) is 9.29. The average molecular weight is 352 g/mol. The van der Waals surface area contributed by atoms with E-state index in [1.165, 1.54) is 6.42 Å². The SMILES string of the molecule is Cc1cnc(C(=O)N2C[C@H]3CCCC(OCc4cccnc4)[C@H]3C2)cn1. The maximum absolute atomic E-state index is 12.8. The smallest absolute Gasteiger partial charge is 0.274 e. The standard InChI is InChI=1S/C20H24N4O2/c1-14-8-23-18(10-22-14)20(25)24-11-16-5-2-6-19(17(16)12-24)26-13-15-4-3-7-21-9-15/h3-4,7-10,16-17,19H,2,5-6,11-13H2,1H3/t16-,17+,19?/m1/s1. The zero-order valence-electron chi connectivity index (χ0n) is 15.0. The summed E-state index contributed by atoms with van der Waals surface area (Å²) in [6.45, 7) is 4.00. The molecule has 1 unspecified atom stereocenters. The van der Waals surface area contributed by atoms with Gasteiger partial charge in [-0.15, -0.1) is 0 Å². The summed E-state index contributed by atoms with van der Waals surface area (Å²) < 4.78 is 6.23. The van der Waals surface area contributed by atoms with Crippen molar-refractivity contribution in [3.63, 3.8) is 0 Å². The number of carbonyl (C=O) groups excluding carboxylic acids is 1. The molecule has 3 atom stereocenters. The fourth-order valence-corrected chi connectivity index (χ4v) is 4.14. The molecule has 2 fully saturated rings. The van der Waals surface area contributed by atoms with Crippen LogP contribution in [0.3, 0.4) is 0 Å². The Hall–Kier alpha value is -2.34. The Labute approximate surface area is 153 Å². The molecule has 26 heavy (non-hydrogen) atoms. The zero-order chi connectivity index (χ0) is 17.9. The highest BCUT2D eigenvalue weighted by atomic mass is 16.5. The predicted octanol–water partition coefficient (Wildman–Crippen LogP) is 2.64. The summed E-state index contributed by atoms with van der Waals surface area (Å²) in [6.07, 6.45) is 10.4. The number of aryl methyl sites for hydroxylation is 1. The first-order chi connectivity index (χ1) is 12.7. The number of likely N-dealkylation sites (tertiary alicyclic amines) is 1. The van der Waals surface area contributed by atoms with Crippen LogP contribution in [0.15, 0.2) is 36.9 Å². The molecule has 2 aliphatic rings. The Bertz CT molecular complexity index is 750. The van der Waals surface area contributed by atoms with Crippen molar-refractivity contribution in [1.29, 1.82) is 0 Å². The summed E-state index contributed by atoms with van der Waals surface area (Å²) in [7, 11) is 0. The Kier molecular flexibility index (Phi) is 4.93. The van der Waals surface area contributed by atoms with Crippen LogP contribution in [-0.2, 0) is 11.3 Å². The summed E-state index contributed by atoms with van der Waals surface area (Å²) in [5, 5.41) is 0. The molecule has 3 heterocycles. The molecule has 4 rings (SSSR count). The lowest BCUT2D eigenvalue weighted by Gasteiger charge is -2.32. The number of rotatable bonds is 4. The largest absolute Gasteiger partial charge is 0.373 e. The number of amides is 1. The van der Waals surface area contributed by atoms with Crippen molar-refractivity contribution in [3.05, 3.63) is 53.9 Å². The molecule has 1 saturated carbocycles. The number of pyridine rings is 1. The number of hydrogen-bond acceptors (Lipinski definition) is 5. The van der Waals surface area contributed by atoms with E-state index in [0.29, 0.717) is 24.1 Å². The van der Waals surface area contributed by atoms with E-state index in [2.05, 4.69) is 15.0 Å². The molecule has 136 valence electrons. The van der Waals surface area contributed by atoms with Gasteiger partial charge in [-0.2, -0.15) is 0 Å². The van der Waals surface area contributed by atoms with Gasteiger partial charge >= 0.3 is 0 Å². The van der Waals surface area contributed by atoms with Gasteiger partial charge < -0.3 is 9.64 Å². The number of hydrogen-bond donors (Lipinski definition) is 0. The van der Waals surface area contributed by atoms with Gasteiger partial charge in [0.25, 0.3) is 5.91 Å². The Morgan fingerprint density at radius 2 is 2.15 bits per heavy atom. The van der Waals surface area contributed by atoms with Crippen LogP contribution < -0.4 is 0 Å². The normalized spacial score (nSPS) is 25.1. The first-order valence-electron chi connectivity index (χ1n) is 9.29. The molecule has 6 nitrogen and oxygen atoms in total. The van der Waals surface area contributed by atoms with E-state index in [4.69, 9.17) is 4.74 Å². The van der Waals surface area contributed by atoms with Crippen LogP contribution in [-0.4, -0.2) is 45.0 Å². The maximum atomic E-state index is 12.8. The van der Waals surface area contributed by atoms with Gasteiger partial charge in [-0.1, -0.05) is 12.5 Å².